The molecule has 8 nitrogen and oxygen atoms in total. The Morgan fingerprint density at radius 1 is 0.938 bits per heavy atom. The quantitative estimate of drug-likeness (QED) is 0.587. The highest BCUT2D eigenvalue weighted by Crippen LogP contribution is 2.36. The SMILES string of the molecule is COC(=O)/N=C1/N(Nc2ccccc2)C(=O)OC1(C)c1ccc(Oc2ccccc2)cc1. The molecule has 0 bridgehead atoms. The number of amides is 2. The number of methoxy groups -OCH3 is 1. The van der Waals surface area contributed by atoms with Crippen LogP contribution in [0.5, 0.6) is 11.5 Å². The van der Waals surface area contributed by atoms with Gasteiger partial charge < -0.3 is 14.2 Å². The summed E-state index contributed by atoms with van der Waals surface area (Å²) in [6.45, 7) is 1.66. The van der Waals surface area contributed by atoms with Gasteiger partial charge in [-0.25, -0.2) is 9.59 Å². The van der Waals surface area contributed by atoms with Crippen LogP contribution in [0.2, 0.25) is 0 Å². The Labute approximate surface area is 185 Å². The maximum absolute atomic E-state index is 12.7. The van der Waals surface area contributed by atoms with Gasteiger partial charge >= 0.3 is 12.2 Å². The number of anilines is 1. The second kappa shape index (κ2) is 8.81. The van der Waals surface area contributed by atoms with Gasteiger partial charge in [-0.2, -0.15) is 10.0 Å². The largest absolute Gasteiger partial charge is 0.457 e. The van der Waals surface area contributed by atoms with Gasteiger partial charge in [0.05, 0.1) is 12.8 Å². The van der Waals surface area contributed by atoms with Gasteiger partial charge in [0.2, 0.25) is 0 Å². The number of para-hydroxylation sites is 2. The van der Waals surface area contributed by atoms with E-state index < -0.39 is 17.8 Å². The van der Waals surface area contributed by atoms with Crippen LogP contribution < -0.4 is 10.2 Å². The zero-order chi connectivity index (χ0) is 22.6. The van der Waals surface area contributed by atoms with Gasteiger partial charge in [-0.3, -0.25) is 5.43 Å². The number of amidine groups is 1. The third kappa shape index (κ3) is 4.24. The first-order valence-corrected chi connectivity index (χ1v) is 9.85. The number of rotatable bonds is 5. The Bertz CT molecular complexity index is 1130. The molecule has 0 aromatic heterocycles. The highest BCUT2D eigenvalue weighted by molar-refractivity contribution is 6.10. The summed E-state index contributed by atoms with van der Waals surface area (Å²) in [6, 6.07) is 25.4. The lowest BCUT2D eigenvalue weighted by molar-refractivity contribution is 0.0891. The zero-order valence-corrected chi connectivity index (χ0v) is 17.5. The average Bonchev–Trinajstić information content (AvgIpc) is 3.05. The third-order valence-corrected chi connectivity index (χ3v) is 4.88. The first kappa shape index (κ1) is 20.9. The van der Waals surface area contributed by atoms with Gasteiger partial charge in [0, 0.05) is 5.56 Å². The minimum absolute atomic E-state index is 0.0509. The fourth-order valence-electron chi connectivity index (χ4n) is 3.25. The molecule has 1 unspecified atom stereocenters. The summed E-state index contributed by atoms with van der Waals surface area (Å²) in [7, 11) is 1.21. The van der Waals surface area contributed by atoms with E-state index in [1.54, 1.807) is 43.3 Å². The summed E-state index contributed by atoms with van der Waals surface area (Å²) >= 11 is 0. The molecule has 1 heterocycles. The van der Waals surface area contributed by atoms with Crippen LogP contribution in [-0.2, 0) is 15.1 Å². The lowest BCUT2D eigenvalue weighted by Gasteiger charge is -2.24. The highest BCUT2D eigenvalue weighted by atomic mass is 16.6. The topological polar surface area (TPSA) is 89.5 Å². The third-order valence-electron chi connectivity index (χ3n) is 4.88. The van der Waals surface area contributed by atoms with Gasteiger partial charge in [-0.15, -0.1) is 0 Å². The monoisotopic (exact) mass is 431 g/mol. The van der Waals surface area contributed by atoms with Crippen molar-refractivity contribution in [3.8, 4) is 11.5 Å². The van der Waals surface area contributed by atoms with Crippen molar-refractivity contribution in [3.63, 3.8) is 0 Å². The molecule has 32 heavy (non-hydrogen) atoms. The molecule has 1 aliphatic rings. The molecule has 162 valence electrons. The number of aliphatic imine (C=N–C) groups is 1. The molecular weight excluding hydrogens is 410 g/mol. The molecule has 3 aromatic rings. The van der Waals surface area contributed by atoms with E-state index in [0.717, 1.165) is 5.01 Å². The van der Waals surface area contributed by atoms with E-state index in [2.05, 4.69) is 10.4 Å². The molecule has 4 rings (SSSR count). The molecule has 1 atom stereocenters. The molecule has 0 saturated carbocycles. The molecule has 8 heteroatoms. The van der Waals surface area contributed by atoms with Crippen molar-refractivity contribution in [3.05, 3.63) is 90.5 Å². The Morgan fingerprint density at radius 2 is 1.53 bits per heavy atom. The summed E-state index contributed by atoms with van der Waals surface area (Å²) in [5, 5.41) is 1.10. The summed E-state index contributed by atoms with van der Waals surface area (Å²) in [5.74, 6) is 1.36. The molecule has 0 radical (unpaired) electrons. The molecule has 0 spiro atoms. The number of hydrogen-bond acceptors (Lipinski definition) is 6. The number of carbonyl (C=O) groups excluding carboxylic acids is 2. The minimum atomic E-state index is -1.33. The summed E-state index contributed by atoms with van der Waals surface area (Å²) in [5.41, 5.74) is 2.83. The van der Waals surface area contributed by atoms with E-state index in [-0.39, 0.29) is 5.84 Å². The van der Waals surface area contributed by atoms with Crippen molar-refractivity contribution >= 4 is 23.7 Å². The standard InChI is InChI=1S/C24H21N3O5/c1-24(17-13-15-20(16-14-17)31-19-11-7-4-8-12-19)21(25-22(28)30-2)27(23(29)32-24)26-18-9-5-3-6-10-18/h3-16,26H,1-2H3/b25-21+. The van der Waals surface area contributed by atoms with E-state index in [0.29, 0.717) is 22.7 Å². The first-order valence-electron chi connectivity index (χ1n) is 9.85. The van der Waals surface area contributed by atoms with Crippen molar-refractivity contribution < 1.29 is 23.8 Å². The molecule has 3 aromatic carbocycles. The molecule has 1 aliphatic heterocycles. The maximum atomic E-state index is 12.7. The predicted octanol–water partition coefficient (Wildman–Crippen LogP) is 5.34. The van der Waals surface area contributed by atoms with Crippen LogP contribution in [0.1, 0.15) is 12.5 Å². The molecule has 1 saturated heterocycles. The normalized spacial score (nSPS) is 18.9. The van der Waals surface area contributed by atoms with Gasteiger partial charge in [-0.05, 0) is 43.3 Å². The Hall–Kier alpha value is -4.33. The van der Waals surface area contributed by atoms with Crippen molar-refractivity contribution in [1.82, 2.24) is 5.01 Å². The predicted molar refractivity (Wildman–Crippen MR) is 119 cm³/mol. The van der Waals surface area contributed by atoms with Crippen molar-refractivity contribution in [1.29, 1.82) is 0 Å². The number of ether oxygens (including phenoxy) is 3. The lowest BCUT2D eigenvalue weighted by atomic mass is 9.94. The number of benzene rings is 3. The second-order valence-corrected chi connectivity index (χ2v) is 7.06. The van der Waals surface area contributed by atoms with Crippen molar-refractivity contribution in [2.75, 3.05) is 12.5 Å². The lowest BCUT2D eigenvalue weighted by Crippen LogP contribution is -2.41. The van der Waals surface area contributed by atoms with E-state index >= 15 is 0 Å². The minimum Gasteiger partial charge on any atom is -0.457 e. The van der Waals surface area contributed by atoms with Crippen LogP contribution in [0, 0.1) is 0 Å². The van der Waals surface area contributed by atoms with Crippen LogP contribution in [0.25, 0.3) is 0 Å². The number of nitrogens with zero attached hydrogens (tertiary/aromatic N) is 2. The van der Waals surface area contributed by atoms with Gasteiger partial charge in [0.1, 0.15) is 11.5 Å². The average molecular weight is 431 g/mol. The Kier molecular flexibility index (Phi) is 5.76. The van der Waals surface area contributed by atoms with Crippen LogP contribution in [0.4, 0.5) is 15.3 Å². The Balaban J connectivity index is 1.65. The Morgan fingerprint density at radius 3 is 2.16 bits per heavy atom. The number of carbonyl (C=O) groups is 2. The van der Waals surface area contributed by atoms with Crippen molar-refractivity contribution in [2.45, 2.75) is 12.5 Å². The van der Waals surface area contributed by atoms with E-state index in [1.165, 1.54) is 7.11 Å². The van der Waals surface area contributed by atoms with Gasteiger partial charge in [-0.1, -0.05) is 48.5 Å². The molecule has 2 amide bonds. The second-order valence-electron chi connectivity index (χ2n) is 7.06. The van der Waals surface area contributed by atoms with Crippen LogP contribution >= 0.6 is 0 Å². The molecule has 1 N–H and O–H groups in total. The first-order chi connectivity index (χ1) is 15.5. The molecule has 0 aliphatic carbocycles. The molecular formula is C24H21N3O5. The number of hydrogen-bond donors (Lipinski definition) is 1. The smallest absolute Gasteiger partial charge is 0.436 e. The zero-order valence-electron chi connectivity index (χ0n) is 17.5. The van der Waals surface area contributed by atoms with Gasteiger partial charge in [0.25, 0.3) is 0 Å². The number of cyclic esters (lactones) is 1. The fraction of sp³-hybridized carbons (Fsp3) is 0.125. The van der Waals surface area contributed by atoms with Crippen molar-refractivity contribution in [2.24, 2.45) is 4.99 Å². The number of nitrogens with one attached hydrogen (secondary N) is 1. The molecule has 1 fully saturated rings. The van der Waals surface area contributed by atoms with E-state index in [9.17, 15) is 9.59 Å². The summed E-state index contributed by atoms with van der Waals surface area (Å²) < 4.78 is 16.2. The van der Waals surface area contributed by atoms with Crippen LogP contribution in [0.15, 0.2) is 89.9 Å². The van der Waals surface area contributed by atoms with Crippen LogP contribution in [0.3, 0.4) is 0 Å². The fourth-order valence-corrected chi connectivity index (χ4v) is 3.25. The van der Waals surface area contributed by atoms with E-state index in [1.807, 2.05) is 48.5 Å². The van der Waals surface area contributed by atoms with E-state index in [4.69, 9.17) is 14.2 Å². The number of hydrazine groups is 1. The van der Waals surface area contributed by atoms with Crippen LogP contribution in [-0.4, -0.2) is 30.1 Å². The summed E-state index contributed by atoms with van der Waals surface area (Å²) in [4.78, 5) is 28.7. The van der Waals surface area contributed by atoms with Gasteiger partial charge in [0.15, 0.2) is 11.4 Å². The summed E-state index contributed by atoms with van der Waals surface area (Å²) in [6.07, 6.45) is -1.56. The highest BCUT2D eigenvalue weighted by Gasteiger charge is 2.51. The maximum Gasteiger partial charge on any atom is 0.436 e.